The van der Waals surface area contributed by atoms with Crippen LogP contribution in [-0.4, -0.2) is 11.5 Å². The van der Waals surface area contributed by atoms with Gasteiger partial charge in [0.2, 0.25) is 0 Å². The van der Waals surface area contributed by atoms with E-state index in [9.17, 15) is 0 Å². The molecule has 0 spiro atoms. The Morgan fingerprint density at radius 3 is 2.88 bits per heavy atom. The molecular formula is C14H18N2S. The summed E-state index contributed by atoms with van der Waals surface area (Å²) in [6, 6.07) is 4.41. The fourth-order valence-electron chi connectivity index (χ4n) is 1.91. The molecule has 1 atom stereocenters. The summed E-state index contributed by atoms with van der Waals surface area (Å²) in [4.78, 5) is 4.22. The average Bonchev–Trinajstić information content (AvgIpc) is 2.78. The van der Waals surface area contributed by atoms with Gasteiger partial charge >= 0.3 is 0 Å². The van der Waals surface area contributed by atoms with Crippen LogP contribution < -0.4 is 5.32 Å². The van der Waals surface area contributed by atoms with E-state index in [1.807, 2.05) is 18.5 Å². The van der Waals surface area contributed by atoms with E-state index in [1.165, 1.54) is 16.7 Å². The fraction of sp³-hybridized carbons (Fsp3) is 0.357. The van der Waals surface area contributed by atoms with Crippen molar-refractivity contribution in [2.24, 2.45) is 0 Å². The second-order valence-corrected chi connectivity index (χ2v) is 4.93. The summed E-state index contributed by atoms with van der Waals surface area (Å²) in [7, 11) is 0. The highest BCUT2D eigenvalue weighted by Gasteiger charge is 2.15. The van der Waals surface area contributed by atoms with Gasteiger partial charge in [-0.3, -0.25) is 4.98 Å². The molecule has 2 heterocycles. The van der Waals surface area contributed by atoms with Crippen molar-refractivity contribution in [2.45, 2.75) is 26.3 Å². The molecule has 0 aliphatic rings. The number of aryl methyl sites for hydroxylation is 1. The Morgan fingerprint density at radius 2 is 2.29 bits per heavy atom. The normalized spacial score (nSPS) is 12.6. The Bertz CT molecular complexity index is 450. The van der Waals surface area contributed by atoms with Crippen molar-refractivity contribution in [1.29, 1.82) is 0 Å². The molecule has 2 nitrogen and oxygen atoms in total. The lowest BCUT2D eigenvalue weighted by molar-refractivity contribution is 0.596. The fourth-order valence-corrected chi connectivity index (χ4v) is 2.79. The van der Waals surface area contributed by atoms with Crippen LogP contribution in [0.5, 0.6) is 0 Å². The number of hydrogen-bond donors (Lipinski definition) is 1. The van der Waals surface area contributed by atoms with Gasteiger partial charge in [-0.2, -0.15) is 11.3 Å². The highest BCUT2D eigenvalue weighted by molar-refractivity contribution is 7.08. The SMILES string of the molecule is CCCNC(c1cccnc1)c1cscc1C. The summed E-state index contributed by atoms with van der Waals surface area (Å²) in [5.41, 5.74) is 3.96. The predicted octanol–water partition coefficient (Wildman–Crippen LogP) is 3.54. The zero-order valence-corrected chi connectivity index (χ0v) is 11.1. The number of hydrogen-bond acceptors (Lipinski definition) is 3. The van der Waals surface area contributed by atoms with Gasteiger partial charge in [0.25, 0.3) is 0 Å². The van der Waals surface area contributed by atoms with Crippen LogP contribution in [0.3, 0.4) is 0 Å². The molecule has 0 radical (unpaired) electrons. The van der Waals surface area contributed by atoms with E-state index in [4.69, 9.17) is 0 Å². The molecule has 17 heavy (non-hydrogen) atoms. The van der Waals surface area contributed by atoms with Crippen molar-refractivity contribution in [1.82, 2.24) is 10.3 Å². The van der Waals surface area contributed by atoms with Crippen molar-refractivity contribution in [3.8, 4) is 0 Å². The number of pyridine rings is 1. The van der Waals surface area contributed by atoms with Gasteiger partial charge in [0.05, 0.1) is 6.04 Å². The Kier molecular flexibility index (Phi) is 4.29. The largest absolute Gasteiger partial charge is 0.306 e. The lowest BCUT2D eigenvalue weighted by atomic mass is 10.00. The molecule has 1 unspecified atom stereocenters. The minimum Gasteiger partial charge on any atom is -0.306 e. The summed E-state index contributed by atoms with van der Waals surface area (Å²) in [5, 5.41) is 8.03. The summed E-state index contributed by atoms with van der Waals surface area (Å²) >= 11 is 1.76. The minimum absolute atomic E-state index is 0.273. The van der Waals surface area contributed by atoms with E-state index in [-0.39, 0.29) is 6.04 Å². The Hall–Kier alpha value is -1.19. The minimum atomic E-state index is 0.273. The lowest BCUT2D eigenvalue weighted by Crippen LogP contribution is -2.23. The summed E-state index contributed by atoms with van der Waals surface area (Å²) < 4.78 is 0. The van der Waals surface area contributed by atoms with E-state index in [0.29, 0.717) is 0 Å². The smallest absolute Gasteiger partial charge is 0.0602 e. The van der Waals surface area contributed by atoms with Gasteiger partial charge < -0.3 is 5.32 Å². The van der Waals surface area contributed by atoms with Gasteiger partial charge in [0, 0.05) is 12.4 Å². The molecule has 0 saturated heterocycles. The maximum absolute atomic E-state index is 4.22. The van der Waals surface area contributed by atoms with Crippen LogP contribution in [0.25, 0.3) is 0 Å². The van der Waals surface area contributed by atoms with Crippen molar-refractivity contribution in [3.05, 3.63) is 52.0 Å². The number of aromatic nitrogens is 1. The lowest BCUT2D eigenvalue weighted by Gasteiger charge is -2.18. The molecule has 2 aromatic rings. The van der Waals surface area contributed by atoms with Gasteiger partial charge in [-0.25, -0.2) is 0 Å². The molecular weight excluding hydrogens is 228 g/mol. The van der Waals surface area contributed by atoms with Crippen LogP contribution in [0.1, 0.15) is 36.1 Å². The van der Waals surface area contributed by atoms with Crippen LogP contribution in [0.15, 0.2) is 35.3 Å². The third kappa shape index (κ3) is 2.93. The second kappa shape index (κ2) is 5.94. The summed E-state index contributed by atoms with van der Waals surface area (Å²) in [6.45, 7) is 5.38. The van der Waals surface area contributed by atoms with Crippen LogP contribution in [0.4, 0.5) is 0 Å². The maximum Gasteiger partial charge on any atom is 0.0602 e. The zero-order valence-electron chi connectivity index (χ0n) is 10.3. The molecule has 90 valence electrons. The first-order chi connectivity index (χ1) is 8.33. The van der Waals surface area contributed by atoms with Gasteiger partial charge in [-0.1, -0.05) is 13.0 Å². The monoisotopic (exact) mass is 246 g/mol. The molecule has 3 heteroatoms. The van der Waals surface area contributed by atoms with E-state index in [2.05, 4.69) is 41.0 Å². The Morgan fingerprint density at radius 1 is 1.41 bits per heavy atom. The molecule has 0 aromatic carbocycles. The van der Waals surface area contributed by atoms with Gasteiger partial charge in [0.1, 0.15) is 0 Å². The molecule has 0 saturated carbocycles. The van der Waals surface area contributed by atoms with Crippen LogP contribution >= 0.6 is 11.3 Å². The third-order valence-corrected chi connectivity index (χ3v) is 3.70. The topological polar surface area (TPSA) is 24.9 Å². The molecule has 2 aromatic heterocycles. The van der Waals surface area contributed by atoms with Crippen molar-refractivity contribution in [2.75, 3.05) is 6.54 Å². The molecule has 2 rings (SSSR count). The average molecular weight is 246 g/mol. The van der Waals surface area contributed by atoms with Gasteiger partial charge in [0.15, 0.2) is 0 Å². The molecule has 0 amide bonds. The van der Waals surface area contributed by atoms with Crippen LogP contribution in [0, 0.1) is 6.92 Å². The van der Waals surface area contributed by atoms with Crippen molar-refractivity contribution in [3.63, 3.8) is 0 Å². The van der Waals surface area contributed by atoms with E-state index in [0.717, 1.165) is 13.0 Å². The molecule has 0 fully saturated rings. The Labute approximate surface area is 107 Å². The number of nitrogens with one attached hydrogen (secondary N) is 1. The van der Waals surface area contributed by atoms with E-state index >= 15 is 0 Å². The Balaban J connectivity index is 2.29. The maximum atomic E-state index is 4.22. The molecule has 1 N–H and O–H groups in total. The van der Waals surface area contributed by atoms with E-state index in [1.54, 1.807) is 11.3 Å². The summed E-state index contributed by atoms with van der Waals surface area (Å²) in [6.07, 6.45) is 4.91. The highest BCUT2D eigenvalue weighted by Crippen LogP contribution is 2.27. The zero-order chi connectivity index (χ0) is 12.1. The first kappa shape index (κ1) is 12.3. The highest BCUT2D eigenvalue weighted by atomic mass is 32.1. The number of rotatable bonds is 5. The number of thiophene rings is 1. The third-order valence-electron chi connectivity index (χ3n) is 2.82. The van der Waals surface area contributed by atoms with Crippen LogP contribution in [0.2, 0.25) is 0 Å². The molecule has 0 bridgehead atoms. The second-order valence-electron chi connectivity index (χ2n) is 4.18. The van der Waals surface area contributed by atoms with Crippen molar-refractivity contribution >= 4 is 11.3 Å². The van der Waals surface area contributed by atoms with E-state index < -0.39 is 0 Å². The first-order valence-corrected chi connectivity index (χ1v) is 6.93. The molecule has 0 aliphatic heterocycles. The van der Waals surface area contributed by atoms with Crippen molar-refractivity contribution < 1.29 is 0 Å². The van der Waals surface area contributed by atoms with Crippen LogP contribution in [-0.2, 0) is 0 Å². The predicted molar refractivity (Wildman–Crippen MR) is 73.4 cm³/mol. The summed E-state index contributed by atoms with van der Waals surface area (Å²) in [5.74, 6) is 0. The van der Waals surface area contributed by atoms with Gasteiger partial charge in [-0.15, -0.1) is 0 Å². The number of nitrogens with zero attached hydrogens (tertiary/aromatic N) is 1. The van der Waals surface area contributed by atoms with Gasteiger partial charge in [-0.05, 0) is 53.4 Å². The standard InChI is InChI=1S/C14H18N2S/c1-3-6-16-14(12-5-4-7-15-8-12)13-10-17-9-11(13)2/h4-5,7-10,14,16H,3,6H2,1-2H3. The first-order valence-electron chi connectivity index (χ1n) is 5.99. The molecule has 0 aliphatic carbocycles. The quantitative estimate of drug-likeness (QED) is 0.873.